The van der Waals surface area contributed by atoms with Crippen LogP contribution in [-0.2, 0) is 0 Å². The van der Waals surface area contributed by atoms with Crippen LogP contribution >= 0.6 is 22.9 Å². The van der Waals surface area contributed by atoms with Gasteiger partial charge in [0, 0.05) is 16.3 Å². The van der Waals surface area contributed by atoms with E-state index in [1.54, 1.807) is 0 Å². The summed E-state index contributed by atoms with van der Waals surface area (Å²) in [6.45, 7) is 0. The maximum atomic E-state index is 5.80. The van der Waals surface area contributed by atoms with Gasteiger partial charge in [-0.1, -0.05) is 29.8 Å². The van der Waals surface area contributed by atoms with Gasteiger partial charge in [-0.3, -0.25) is 0 Å². The van der Waals surface area contributed by atoms with Crippen LogP contribution in [0.15, 0.2) is 35.7 Å². The summed E-state index contributed by atoms with van der Waals surface area (Å²) in [5, 5.41) is 3.14. The lowest BCUT2D eigenvalue weighted by atomic mass is 10.2. The quantitative estimate of drug-likeness (QED) is 0.679. The van der Waals surface area contributed by atoms with Crippen LogP contribution in [0, 0.1) is 0 Å². The van der Waals surface area contributed by atoms with E-state index in [1.807, 2.05) is 23.6 Å². The molecule has 0 fully saturated rings. The molecule has 1 aromatic carbocycles. The number of nitrogens with one attached hydrogen (secondary N) is 1. The Morgan fingerprint density at radius 2 is 2.13 bits per heavy atom. The lowest BCUT2D eigenvalue weighted by molar-refractivity contribution is 1.35. The molecule has 3 aromatic rings. The summed E-state index contributed by atoms with van der Waals surface area (Å²) in [4.78, 5) is 7.54. The van der Waals surface area contributed by atoms with Crippen LogP contribution in [0.4, 0.5) is 0 Å². The van der Waals surface area contributed by atoms with Crippen molar-refractivity contribution in [3.63, 3.8) is 0 Å². The van der Waals surface area contributed by atoms with Crippen LogP contribution in [0.25, 0.3) is 22.3 Å². The molecule has 0 aliphatic heterocycles. The predicted octanol–water partition coefficient (Wildman–Crippen LogP) is 3.94. The molecule has 0 aliphatic rings. The summed E-state index contributed by atoms with van der Waals surface area (Å²) in [6, 6.07) is 10.2. The van der Waals surface area contributed by atoms with Crippen LogP contribution in [0.1, 0.15) is 0 Å². The van der Waals surface area contributed by atoms with Crippen LogP contribution in [0.3, 0.4) is 0 Å². The number of aromatic amines is 1. The van der Waals surface area contributed by atoms with Crippen molar-refractivity contribution in [1.29, 1.82) is 0 Å². The van der Waals surface area contributed by atoms with E-state index >= 15 is 0 Å². The number of nitrogens with zero attached hydrogens (tertiary/aromatic N) is 1. The molecule has 0 saturated heterocycles. The number of aromatic nitrogens is 2. The fourth-order valence-corrected chi connectivity index (χ4v) is 2.35. The van der Waals surface area contributed by atoms with Gasteiger partial charge in [0.05, 0.1) is 11.4 Å². The van der Waals surface area contributed by atoms with Gasteiger partial charge < -0.3 is 4.98 Å². The minimum Gasteiger partial charge on any atom is -0.353 e. The van der Waals surface area contributed by atoms with Crippen molar-refractivity contribution in [2.24, 2.45) is 0 Å². The third-order valence-corrected chi connectivity index (χ3v) is 3.26. The van der Waals surface area contributed by atoms with Gasteiger partial charge in [0.25, 0.3) is 0 Å². The smallest absolute Gasteiger partial charge is 0.184 e. The second kappa shape index (κ2) is 3.36. The highest BCUT2D eigenvalue weighted by molar-refractivity contribution is 7.14. The molecule has 0 amide bonds. The first-order chi connectivity index (χ1) is 7.33. The van der Waals surface area contributed by atoms with Gasteiger partial charge in [0.2, 0.25) is 0 Å². The van der Waals surface area contributed by atoms with Gasteiger partial charge in [-0.15, -0.1) is 11.3 Å². The molecule has 15 heavy (non-hydrogen) atoms. The molecule has 0 atom stereocenters. The second-order valence-electron chi connectivity index (χ2n) is 3.26. The number of para-hydroxylation sites is 1. The van der Waals surface area contributed by atoms with E-state index in [4.69, 9.17) is 11.6 Å². The molecule has 0 radical (unpaired) electrons. The Balaban J connectivity index is 2.19. The summed E-state index contributed by atoms with van der Waals surface area (Å²) in [6.07, 6.45) is 0. The van der Waals surface area contributed by atoms with E-state index in [1.165, 1.54) is 16.7 Å². The van der Waals surface area contributed by atoms with Crippen LogP contribution in [-0.4, -0.2) is 9.97 Å². The molecule has 3 rings (SSSR count). The molecular formula is C11H7ClN2S. The maximum absolute atomic E-state index is 5.80. The topological polar surface area (TPSA) is 28.7 Å². The highest BCUT2D eigenvalue weighted by Gasteiger charge is 2.05. The Morgan fingerprint density at radius 3 is 2.87 bits per heavy atom. The van der Waals surface area contributed by atoms with E-state index < -0.39 is 0 Å². The number of hydrogen-bond acceptors (Lipinski definition) is 2. The average Bonchev–Trinajstić information content (AvgIpc) is 2.82. The van der Waals surface area contributed by atoms with Crippen molar-refractivity contribution >= 4 is 33.8 Å². The van der Waals surface area contributed by atoms with Gasteiger partial charge in [-0.05, 0) is 12.1 Å². The van der Waals surface area contributed by atoms with E-state index in [9.17, 15) is 0 Å². The highest BCUT2D eigenvalue weighted by Crippen LogP contribution is 2.26. The molecule has 0 saturated carbocycles. The average molecular weight is 235 g/mol. The van der Waals surface area contributed by atoms with Crippen molar-refractivity contribution in [2.45, 2.75) is 0 Å². The monoisotopic (exact) mass is 234 g/mol. The highest BCUT2D eigenvalue weighted by atomic mass is 35.5. The van der Waals surface area contributed by atoms with Gasteiger partial charge >= 0.3 is 0 Å². The Bertz CT molecular complexity index is 579. The van der Waals surface area contributed by atoms with Crippen molar-refractivity contribution < 1.29 is 0 Å². The number of fused-ring (bicyclic) bond motifs is 1. The van der Waals surface area contributed by atoms with Crippen LogP contribution in [0.2, 0.25) is 4.47 Å². The van der Waals surface area contributed by atoms with E-state index in [0.29, 0.717) is 4.47 Å². The van der Waals surface area contributed by atoms with Crippen LogP contribution in [0.5, 0.6) is 0 Å². The molecule has 0 bridgehead atoms. The first kappa shape index (κ1) is 8.95. The first-order valence-electron chi connectivity index (χ1n) is 4.52. The number of halogens is 1. The number of rotatable bonds is 1. The van der Waals surface area contributed by atoms with Crippen LogP contribution < -0.4 is 0 Å². The Labute approximate surface area is 95.5 Å². The number of H-pyrrole nitrogens is 1. The van der Waals surface area contributed by atoms with Crippen molar-refractivity contribution in [3.8, 4) is 11.4 Å². The lowest BCUT2D eigenvalue weighted by Crippen LogP contribution is -1.74. The number of thiazole rings is 1. The Kier molecular flexibility index (Phi) is 2.01. The molecule has 1 N–H and O–H groups in total. The SMILES string of the molecule is Clc1nc(-c2cc3ccccc3[nH]2)cs1. The first-order valence-corrected chi connectivity index (χ1v) is 5.78. The van der Waals surface area contributed by atoms with Crippen molar-refractivity contribution in [1.82, 2.24) is 9.97 Å². The van der Waals surface area contributed by atoms with E-state index in [0.717, 1.165) is 16.9 Å². The second-order valence-corrected chi connectivity index (χ2v) is 4.70. The number of hydrogen-bond donors (Lipinski definition) is 1. The zero-order chi connectivity index (χ0) is 10.3. The maximum Gasteiger partial charge on any atom is 0.184 e. The summed E-state index contributed by atoms with van der Waals surface area (Å²) in [5.74, 6) is 0. The summed E-state index contributed by atoms with van der Waals surface area (Å²) < 4.78 is 0.573. The molecule has 0 spiro atoms. The van der Waals surface area contributed by atoms with E-state index in [2.05, 4.69) is 22.1 Å². The Hall–Kier alpha value is -1.32. The molecule has 2 nitrogen and oxygen atoms in total. The van der Waals surface area contributed by atoms with E-state index in [-0.39, 0.29) is 0 Å². The molecule has 74 valence electrons. The summed E-state index contributed by atoms with van der Waals surface area (Å²) in [5.41, 5.74) is 3.04. The van der Waals surface area contributed by atoms with Gasteiger partial charge in [0.1, 0.15) is 0 Å². The number of benzene rings is 1. The minimum atomic E-state index is 0.573. The zero-order valence-corrected chi connectivity index (χ0v) is 9.27. The van der Waals surface area contributed by atoms with Crippen molar-refractivity contribution in [3.05, 3.63) is 40.2 Å². The molecular weight excluding hydrogens is 228 g/mol. The molecule has 2 heterocycles. The molecule has 2 aromatic heterocycles. The summed E-state index contributed by atoms with van der Waals surface area (Å²) >= 11 is 7.25. The predicted molar refractivity (Wildman–Crippen MR) is 64.4 cm³/mol. The molecule has 0 unspecified atom stereocenters. The third-order valence-electron chi connectivity index (χ3n) is 2.28. The van der Waals surface area contributed by atoms with Crippen molar-refractivity contribution in [2.75, 3.05) is 0 Å². The molecule has 0 aliphatic carbocycles. The summed E-state index contributed by atoms with van der Waals surface area (Å²) in [7, 11) is 0. The van der Waals surface area contributed by atoms with Gasteiger partial charge in [-0.25, -0.2) is 4.98 Å². The fourth-order valence-electron chi connectivity index (χ4n) is 1.59. The minimum absolute atomic E-state index is 0.573. The van der Waals surface area contributed by atoms with Gasteiger partial charge in [0.15, 0.2) is 4.47 Å². The zero-order valence-electron chi connectivity index (χ0n) is 7.70. The normalized spacial score (nSPS) is 11.0. The largest absolute Gasteiger partial charge is 0.353 e. The van der Waals surface area contributed by atoms with Gasteiger partial charge in [-0.2, -0.15) is 0 Å². The molecule has 4 heteroatoms. The Morgan fingerprint density at radius 1 is 1.27 bits per heavy atom. The third kappa shape index (κ3) is 1.54. The standard InChI is InChI=1S/C11H7ClN2S/c12-11-14-10(6-15-11)9-5-7-3-1-2-4-8(7)13-9/h1-6,13H. The fraction of sp³-hybridized carbons (Fsp3) is 0. The lowest BCUT2D eigenvalue weighted by Gasteiger charge is -1.87.